The zero-order valence-electron chi connectivity index (χ0n) is 8.94. The maximum absolute atomic E-state index is 4.07. The van der Waals surface area contributed by atoms with Crippen LogP contribution in [0.2, 0.25) is 0 Å². The van der Waals surface area contributed by atoms with E-state index in [9.17, 15) is 0 Å². The van der Waals surface area contributed by atoms with Gasteiger partial charge in [0, 0.05) is 17.8 Å². The molecule has 0 aliphatic rings. The molecular weight excluding hydrogens is 172 g/mol. The predicted molar refractivity (Wildman–Crippen MR) is 60.1 cm³/mol. The Balaban J connectivity index is 0.000000213. The molecule has 0 atom stereocenters. The van der Waals surface area contributed by atoms with Gasteiger partial charge in [0.05, 0.1) is 0 Å². The average molecular weight is 188 g/mol. The summed E-state index contributed by atoms with van der Waals surface area (Å²) in [6.45, 7) is 6.50. The van der Waals surface area contributed by atoms with Gasteiger partial charge < -0.3 is 0 Å². The van der Waals surface area contributed by atoms with E-state index in [4.69, 9.17) is 0 Å². The van der Waals surface area contributed by atoms with Crippen molar-refractivity contribution in [2.75, 3.05) is 0 Å². The van der Waals surface area contributed by atoms with Gasteiger partial charge in [-0.15, -0.1) is 0 Å². The van der Waals surface area contributed by atoms with E-state index in [1.807, 2.05) is 24.3 Å². The minimum absolute atomic E-state index is 0.810. The fourth-order valence-corrected chi connectivity index (χ4v) is 0.908. The monoisotopic (exact) mass is 188 g/mol. The first-order chi connectivity index (χ1) is 6.70. The first kappa shape index (κ1) is 10.6. The molecule has 2 heteroatoms. The molecule has 0 saturated carbocycles. The normalized spacial score (nSPS) is 9.71. The number of hydrogen-bond acceptors (Lipinski definition) is 2. The van der Waals surface area contributed by atoms with Crippen molar-refractivity contribution in [1.82, 2.24) is 9.97 Å². The maximum Gasteiger partial charge on any atom is 0.159 e. The lowest BCUT2D eigenvalue weighted by atomic mass is 10.3. The highest BCUT2D eigenvalue weighted by Gasteiger charge is 1.88. The maximum atomic E-state index is 4.07. The second kappa shape index (κ2) is 5.32. The Labute approximate surface area is 85.0 Å². The molecular formula is C12H16N2. The molecule has 2 aromatic heterocycles. The molecule has 2 rings (SSSR count). The van der Waals surface area contributed by atoms with Crippen LogP contribution in [0, 0.1) is 5.92 Å². The molecule has 0 N–H and O–H groups in total. The number of rotatable bonds is 0. The Bertz CT molecular complexity index is 314. The van der Waals surface area contributed by atoms with Crippen LogP contribution in [0.15, 0.2) is 36.7 Å². The topological polar surface area (TPSA) is 25.8 Å². The number of aromatic nitrogens is 2. The van der Waals surface area contributed by atoms with Crippen LogP contribution in [0.25, 0.3) is 11.0 Å². The zero-order chi connectivity index (χ0) is 10.4. The summed E-state index contributed by atoms with van der Waals surface area (Å²) in [5.41, 5.74) is 0.810. The highest BCUT2D eigenvalue weighted by atomic mass is 14.8. The largest absolute Gasteiger partial charge is 0.237 e. The van der Waals surface area contributed by atoms with E-state index in [2.05, 4.69) is 30.7 Å². The Kier molecular flexibility index (Phi) is 4.05. The lowest BCUT2D eigenvalue weighted by Crippen LogP contribution is -1.78. The second-order valence-electron chi connectivity index (χ2n) is 3.79. The number of hydrogen-bond donors (Lipinski definition) is 0. The second-order valence-corrected chi connectivity index (χ2v) is 3.79. The molecule has 0 saturated heterocycles. The molecule has 0 spiro atoms. The van der Waals surface area contributed by atoms with Crippen LogP contribution in [-0.2, 0) is 0 Å². The zero-order valence-corrected chi connectivity index (χ0v) is 8.94. The van der Waals surface area contributed by atoms with Gasteiger partial charge in [0.1, 0.15) is 0 Å². The Morgan fingerprint density at radius 1 is 0.929 bits per heavy atom. The summed E-state index contributed by atoms with van der Waals surface area (Å²) >= 11 is 0. The summed E-state index contributed by atoms with van der Waals surface area (Å²) in [6, 6.07) is 7.80. The van der Waals surface area contributed by atoms with E-state index in [1.54, 1.807) is 12.4 Å². The minimum Gasteiger partial charge on any atom is -0.237 e. The highest BCUT2D eigenvalue weighted by Crippen LogP contribution is 2.04. The van der Waals surface area contributed by atoms with Crippen molar-refractivity contribution >= 4 is 11.0 Å². The SMILES string of the molecule is CC(C)C.c1cnc2ncccc2c1. The third-order valence-electron chi connectivity index (χ3n) is 1.38. The standard InChI is InChI=1S/C8H6N2.C4H10/c1-3-7-4-2-6-10-8(7)9-5-1;1-4(2)3/h1-6H;4H,1-3H3. The van der Waals surface area contributed by atoms with E-state index in [-0.39, 0.29) is 0 Å². The van der Waals surface area contributed by atoms with Gasteiger partial charge in [-0.3, -0.25) is 0 Å². The van der Waals surface area contributed by atoms with Gasteiger partial charge in [0.15, 0.2) is 5.65 Å². The number of nitrogens with zero attached hydrogens (tertiary/aromatic N) is 2. The minimum atomic E-state index is 0.810. The average Bonchev–Trinajstić information content (AvgIpc) is 2.17. The Morgan fingerprint density at radius 2 is 1.36 bits per heavy atom. The lowest BCUT2D eigenvalue weighted by Gasteiger charge is -1.90. The van der Waals surface area contributed by atoms with Crippen molar-refractivity contribution in [2.45, 2.75) is 20.8 Å². The van der Waals surface area contributed by atoms with Crippen molar-refractivity contribution < 1.29 is 0 Å². The van der Waals surface area contributed by atoms with E-state index >= 15 is 0 Å². The summed E-state index contributed by atoms with van der Waals surface area (Å²) < 4.78 is 0. The van der Waals surface area contributed by atoms with E-state index in [0.717, 1.165) is 17.0 Å². The molecule has 2 aromatic rings. The van der Waals surface area contributed by atoms with Crippen molar-refractivity contribution in [1.29, 1.82) is 0 Å². The van der Waals surface area contributed by atoms with E-state index in [0.29, 0.717) is 0 Å². The van der Waals surface area contributed by atoms with Crippen LogP contribution in [0.1, 0.15) is 20.8 Å². The van der Waals surface area contributed by atoms with Crippen molar-refractivity contribution in [3.8, 4) is 0 Å². The molecule has 0 radical (unpaired) electrons. The molecule has 2 nitrogen and oxygen atoms in total. The van der Waals surface area contributed by atoms with Crippen LogP contribution in [-0.4, -0.2) is 9.97 Å². The van der Waals surface area contributed by atoms with Gasteiger partial charge in [-0.05, 0) is 30.2 Å². The van der Waals surface area contributed by atoms with Crippen LogP contribution in [0.3, 0.4) is 0 Å². The summed E-state index contributed by atoms with van der Waals surface area (Å²) in [6.07, 6.45) is 3.49. The van der Waals surface area contributed by atoms with Gasteiger partial charge in [-0.25, -0.2) is 9.97 Å². The number of fused-ring (bicyclic) bond motifs is 1. The summed E-state index contributed by atoms with van der Waals surface area (Å²) in [5, 5.41) is 1.09. The van der Waals surface area contributed by atoms with Crippen molar-refractivity contribution in [3.05, 3.63) is 36.7 Å². The van der Waals surface area contributed by atoms with Crippen LogP contribution in [0.5, 0.6) is 0 Å². The van der Waals surface area contributed by atoms with Gasteiger partial charge >= 0.3 is 0 Å². The number of pyridine rings is 2. The molecule has 0 fully saturated rings. The van der Waals surface area contributed by atoms with Gasteiger partial charge in [0.2, 0.25) is 0 Å². The smallest absolute Gasteiger partial charge is 0.159 e. The lowest BCUT2D eigenvalue weighted by molar-refractivity contribution is 0.737. The first-order valence-electron chi connectivity index (χ1n) is 4.86. The van der Waals surface area contributed by atoms with Gasteiger partial charge in [-0.2, -0.15) is 0 Å². The summed E-state index contributed by atoms with van der Waals surface area (Å²) in [5.74, 6) is 0.833. The van der Waals surface area contributed by atoms with E-state index < -0.39 is 0 Å². The summed E-state index contributed by atoms with van der Waals surface area (Å²) in [4.78, 5) is 8.14. The highest BCUT2D eigenvalue weighted by molar-refractivity contribution is 5.73. The van der Waals surface area contributed by atoms with Crippen molar-refractivity contribution in [2.24, 2.45) is 5.92 Å². The molecule has 0 bridgehead atoms. The third kappa shape index (κ3) is 3.52. The molecule has 0 amide bonds. The molecule has 14 heavy (non-hydrogen) atoms. The molecule has 0 aliphatic heterocycles. The predicted octanol–water partition coefficient (Wildman–Crippen LogP) is 3.29. The molecule has 0 aliphatic carbocycles. The molecule has 0 aromatic carbocycles. The Morgan fingerprint density at radius 3 is 1.71 bits per heavy atom. The van der Waals surface area contributed by atoms with Crippen LogP contribution in [0.4, 0.5) is 0 Å². The third-order valence-corrected chi connectivity index (χ3v) is 1.38. The van der Waals surface area contributed by atoms with Crippen LogP contribution >= 0.6 is 0 Å². The van der Waals surface area contributed by atoms with Gasteiger partial charge in [0.25, 0.3) is 0 Å². The molecule has 0 unspecified atom stereocenters. The summed E-state index contributed by atoms with van der Waals surface area (Å²) in [7, 11) is 0. The Hall–Kier alpha value is -1.44. The van der Waals surface area contributed by atoms with Crippen LogP contribution < -0.4 is 0 Å². The first-order valence-corrected chi connectivity index (χ1v) is 4.86. The molecule has 74 valence electrons. The fourth-order valence-electron chi connectivity index (χ4n) is 0.908. The van der Waals surface area contributed by atoms with Gasteiger partial charge in [-0.1, -0.05) is 20.8 Å². The van der Waals surface area contributed by atoms with Crippen molar-refractivity contribution in [3.63, 3.8) is 0 Å². The fraction of sp³-hybridized carbons (Fsp3) is 0.333. The molecule has 2 heterocycles. The van der Waals surface area contributed by atoms with E-state index in [1.165, 1.54) is 0 Å². The quantitative estimate of drug-likeness (QED) is 0.634.